The maximum atomic E-state index is 13.0. The molecule has 1 fully saturated rings. The highest BCUT2D eigenvalue weighted by Gasteiger charge is 2.42. The summed E-state index contributed by atoms with van der Waals surface area (Å²) in [4.78, 5) is 11.8. The average molecular weight is 279 g/mol. The molecule has 0 saturated heterocycles. The van der Waals surface area contributed by atoms with E-state index in [2.05, 4.69) is 16.7 Å². The van der Waals surface area contributed by atoms with Gasteiger partial charge in [-0.25, -0.2) is 8.78 Å². The van der Waals surface area contributed by atoms with Gasteiger partial charge < -0.3 is 10.6 Å². The number of carbonyl (C=O) groups is 1. The Balaban J connectivity index is 1.90. The SMILES string of the molecule is C[C@@](C#N)(NC(=O)CNc1cc(F)cc(F)c1)C1CC1. The minimum Gasteiger partial charge on any atom is -0.376 e. The van der Waals surface area contributed by atoms with E-state index in [4.69, 9.17) is 5.26 Å². The molecule has 20 heavy (non-hydrogen) atoms. The molecule has 1 aromatic carbocycles. The molecule has 0 aliphatic heterocycles. The molecule has 2 rings (SSSR count). The van der Waals surface area contributed by atoms with Gasteiger partial charge in [-0.2, -0.15) is 5.26 Å². The first-order valence-electron chi connectivity index (χ1n) is 6.35. The zero-order valence-electron chi connectivity index (χ0n) is 11.0. The van der Waals surface area contributed by atoms with Crippen molar-refractivity contribution in [2.45, 2.75) is 25.3 Å². The fraction of sp³-hybridized carbons (Fsp3) is 0.429. The van der Waals surface area contributed by atoms with E-state index in [-0.39, 0.29) is 24.1 Å². The summed E-state index contributed by atoms with van der Waals surface area (Å²) in [5.74, 6) is -1.63. The summed E-state index contributed by atoms with van der Waals surface area (Å²) in [7, 11) is 0. The van der Waals surface area contributed by atoms with Crippen LogP contribution in [0.2, 0.25) is 0 Å². The standard InChI is InChI=1S/C14H15F2N3O/c1-14(8-17,9-2-3-9)19-13(20)7-18-12-5-10(15)4-11(16)6-12/h4-6,9,18H,2-3,7H2,1H3,(H,19,20)/t14-/m0/s1. The predicted octanol–water partition coefficient (Wildman–Crippen LogP) is 2.19. The van der Waals surface area contributed by atoms with Crippen LogP contribution in [-0.4, -0.2) is 18.0 Å². The van der Waals surface area contributed by atoms with Gasteiger partial charge in [0.05, 0.1) is 12.6 Å². The Morgan fingerprint density at radius 3 is 2.50 bits per heavy atom. The highest BCUT2D eigenvalue weighted by molar-refractivity contribution is 5.81. The largest absolute Gasteiger partial charge is 0.376 e. The van der Waals surface area contributed by atoms with E-state index in [9.17, 15) is 13.6 Å². The topological polar surface area (TPSA) is 64.9 Å². The van der Waals surface area contributed by atoms with Crippen molar-refractivity contribution in [1.29, 1.82) is 5.26 Å². The zero-order valence-corrected chi connectivity index (χ0v) is 11.0. The van der Waals surface area contributed by atoms with E-state index in [0.717, 1.165) is 31.0 Å². The molecule has 0 unspecified atom stereocenters. The first-order valence-corrected chi connectivity index (χ1v) is 6.35. The lowest BCUT2D eigenvalue weighted by atomic mass is 9.98. The van der Waals surface area contributed by atoms with Crippen molar-refractivity contribution in [2.24, 2.45) is 5.92 Å². The molecule has 1 amide bonds. The Morgan fingerprint density at radius 2 is 2.00 bits per heavy atom. The van der Waals surface area contributed by atoms with Gasteiger partial charge in [-0.1, -0.05) is 0 Å². The van der Waals surface area contributed by atoms with Crippen LogP contribution in [-0.2, 0) is 4.79 Å². The Kier molecular flexibility index (Phi) is 3.89. The normalized spacial score (nSPS) is 16.9. The van der Waals surface area contributed by atoms with Crippen LogP contribution in [0.4, 0.5) is 14.5 Å². The van der Waals surface area contributed by atoms with E-state index in [1.165, 1.54) is 0 Å². The number of rotatable bonds is 5. The smallest absolute Gasteiger partial charge is 0.240 e. The van der Waals surface area contributed by atoms with Crippen LogP contribution in [0.1, 0.15) is 19.8 Å². The molecule has 1 atom stereocenters. The van der Waals surface area contributed by atoms with Gasteiger partial charge in [0.15, 0.2) is 0 Å². The van der Waals surface area contributed by atoms with Crippen molar-refractivity contribution >= 4 is 11.6 Å². The van der Waals surface area contributed by atoms with Crippen LogP contribution < -0.4 is 10.6 Å². The number of nitriles is 1. The number of hydrogen-bond donors (Lipinski definition) is 2. The number of anilines is 1. The second-order valence-corrected chi connectivity index (χ2v) is 5.15. The summed E-state index contributed by atoms with van der Waals surface area (Å²) in [5, 5.41) is 14.4. The molecule has 0 spiro atoms. The van der Waals surface area contributed by atoms with Gasteiger partial charge in [0.2, 0.25) is 5.91 Å². The number of nitrogens with one attached hydrogen (secondary N) is 2. The maximum Gasteiger partial charge on any atom is 0.240 e. The fourth-order valence-corrected chi connectivity index (χ4v) is 2.05. The molecule has 4 nitrogen and oxygen atoms in total. The molecule has 0 heterocycles. The summed E-state index contributed by atoms with van der Waals surface area (Å²) in [6.45, 7) is 1.54. The summed E-state index contributed by atoms with van der Waals surface area (Å²) in [5.41, 5.74) is -0.686. The summed E-state index contributed by atoms with van der Waals surface area (Å²) >= 11 is 0. The minimum atomic E-state index is -0.869. The molecule has 1 aliphatic carbocycles. The summed E-state index contributed by atoms with van der Waals surface area (Å²) < 4.78 is 25.9. The summed E-state index contributed by atoms with van der Waals surface area (Å²) in [6.07, 6.45) is 1.85. The third kappa shape index (κ3) is 3.44. The van der Waals surface area contributed by atoms with Crippen molar-refractivity contribution in [3.05, 3.63) is 29.8 Å². The molecule has 0 radical (unpaired) electrons. The molecule has 0 bridgehead atoms. The van der Waals surface area contributed by atoms with E-state index < -0.39 is 17.2 Å². The van der Waals surface area contributed by atoms with Gasteiger partial charge in [-0.05, 0) is 37.8 Å². The highest BCUT2D eigenvalue weighted by Crippen LogP contribution is 2.39. The zero-order chi connectivity index (χ0) is 14.8. The molecule has 106 valence electrons. The van der Waals surface area contributed by atoms with Gasteiger partial charge in [0, 0.05) is 11.8 Å². The molecular formula is C14H15F2N3O. The second kappa shape index (κ2) is 5.45. The van der Waals surface area contributed by atoms with Crippen molar-refractivity contribution < 1.29 is 13.6 Å². The van der Waals surface area contributed by atoms with Crippen LogP contribution >= 0.6 is 0 Å². The van der Waals surface area contributed by atoms with Gasteiger partial charge >= 0.3 is 0 Å². The highest BCUT2D eigenvalue weighted by atomic mass is 19.1. The van der Waals surface area contributed by atoms with E-state index in [1.54, 1.807) is 6.92 Å². The lowest BCUT2D eigenvalue weighted by Crippen LogP contribution is -2.48. The third-order valence-electron chi connectivity index (χ3n) is 3.34. The van der Waals surface area contributed by atoms with Crippen molar-refractivity contribution in [1.82, 2.24) is 5.32 Å². The first-order chi connectivity index (χ1) is 9.43. The molecule has 2 N–H and O–H groups in total. The molecule has 1 saturated carbocycles. The fourth-order valence-electron chi connectivity index (χ4n) is 2.05. The number of hydrogen-bond acceptors (Lipinski definition) is 3. The van der Waals surface area contributed by atoms with Gasteiger partial charge in [0.1, 0.15) is 17.2 Å². The lowest BCUT2D eigenvalue weighted by molar-refractivity contribution is -0.120. The van der Waals surface area contributed by atoms with E-state index >= 15 is 0 Å². The first kappa shape index (κ1) is 14.3. The van der Waals surface area contributed by atoms with Crippen LogP contribution in [0, 0.1) is 28.9 Å². The van der Waals surface area contributed by atoms with Crippen LogP contribution in [0.25, 0.3) is 0 Å². The number of nitrogens with zero attached hydrogens (tertiary/aromatic N) is 1. The Morgan fingerprint density at radius 1 is 1.40 bits per heavy atom. The van der Waals surface area contributed by atoms with Crippen molar-refractivity contribution in [2.75, 3.05) is 11.9 Å². The Labute approximate surface area is 115 Å². The Hall–Kier alpha value is -2.16. The van der Waals surface area contributed by atoms with Gasteiger partial charge in [0.25, 0.3) is 0 Å². The van der Waals surface area contributed by atoms with Crippen molar-refractivity contribution in [3.8, 4) is 6.07 Å². The lowest BCUT2D eigenvalue weighted by Gasteiger charge is -2.23. The molecule has 6 heteroatoms. The van der Waals surface area contributed by atoms with Gasteiger partial charge in [-0.15, -0.1) is 0 Å². The monoisotopic (exact) mass is 279 g/mol. The van der Waals surface area contributed by atoms with Crippen LogP contribution in [0.15, 0.2) is 18.2 Å². The second-order valence-electron chi connectivity index (χ2n) is 5.15. The number of amides is 1. The van der Waals surface area contributed by atoms with Crippen LogP contribution in [0.5, 0.6) is 0 Å². The quantitative estimate of drug-likeness (QED) is 0.868. The van der Waals surface area contributed by atoms with E-state index in [0.29, 0.717) is 0 Å². The third-order valence-corrected chi connectivity index (χ3v) is 3.34. The predicted molar refractivity (Wildman–Crippen MR) is 69.7 cm³/mol. The summed E-state index contributed by atoms with van der Waals surface area (Å²) in [6, 6.07) is 5.06. The van der Waals surface area contributed by atoms with Gasteiger partial charge in [-0.3, -0.25) is 4.79 Å². The minimum absolute atomic E-state index is 0.146. The molecular weight excluding hydrogens is 264 g/mol. The molecule has 1 aliphatic rings. The number of halogens is 2. The maximum absolute atomic E-state index is 13.0. The van der Waals surface area contributed by atoms with Crippen LogP contribution in [0.3, 0.4) is 0 Å². The average Bonchev–Trinajstić information content (AvgIpc) is 3.19. The number of carbonyl (C=O) groups excluding carboxylic acids is 1. The molecule has 0 aromatic heterocycles. The Bertz CT molecular complexity index is 546. The molecule has 1 aromatic rings. The van der Waals surface area contributed by atoms with Crippen molar-refractivity contribution in [3.63, 3.8) is 0 Å². The number of benzene rings is 1. The van der Waals surface area contributed by atoms with E-state index in [1.807, 2.05) is 0 Å².